The average Bonchev–Trinajstić information content (AvgIpc) is 3.03. The number of cyclic esters (lactones) is 1. The van der Waals surface area contributed by atoms with Crippen LogP contribution >= 0.6 is 0 Å². The highest BCUT2D eigenvalue weighted by molar-refractivity contribution is 5.88. The number of hydrogen-bond acceptors (Lipinski definition) is 5. The van der Waals surface area contributed by atoms with E-state index >= 15 is 0 Å². The molecule has 3 heterocycles. The number of aromatic nitrogens is 2. The Morgan fingerprint density at radius 2 is 2.17 bits per heavy atom. The van der Waals surface area contributed by atoms with Gasteiger partial charge >= 0.3 is 6.09 Å². The maximum absolute atomic E-state index is 13.5. The SMILES string of the molecule is C[C@H](Nc1ccc2c(c1)OCC[n+]1cc(N3C(=O)OCC[C@H]3C(F)F)[nH]c1-2)C(N)=O. The van der Waals surface area contributed by atoms with Crippen molar-refractivity contribution in [3.8, 4) is 17.1 Å². The fourth-order valence-corrected chi connectivity index (χ4v) is 3.58. The summed E-state index contributed by atoms with van der Waals surface area (Å²) in [7, 11) is 0. The fraction of sp³-hybridized carbons (Fsp3) is 0.421. The number of H-pyrrole nitrogens is 1. The summed E-state index contributed by atoms with van der Waals surface area (Å²) in [6.07, 6.45) is -1.84. The Morgan fingerprint density at radius 3 is 2.90 bits per heavy atom. The van der Waals surface area contributed by atoms with Gasteiger partial charge in [0.2, 0.25) is 11.7 Å². The van der Waals surface area contributed by atoms with Crippen LogP contribution in [0.1, 0.15) is 13.3 Å². The number of ether oxygens (including phenoxy) is 2. The highest BCUT2D eigenvalue weighted by Gasteiger charge is 2.41. The number of halogens is 2. The zero-order valence-corrected chi connectivity index (χ0v) is 16.2. The van der Waals surface area contributed by atoms with E-state index in [1.54, 1.807) is 31.3 Å². The van der Waals surface area contributed by atoms with E-state index in [9.17, 15) is 18.4 Å². The van der Waals surface area contributed by atoms with E-state index in [4.69, 9.17) is 15.2 Å². The number of primary amides is 1. The van der Waals surface area contributed by atoms with Gasteiger partial charge in [-0.1, -0.05) is 0 Å². The third kappa shape index (κ3) is 3.62. The zero-order chi connectivity index (χ0) is 21.4. The molecule has 4 rings (SSSR count). The van der Waals surface area contributed by atoms with Gasteiger partial charge in [0.25, 0.3) is 12.2 Å². The van der Waals surface area contributed by atoms with Crippen molar-refractivity contribution in [3.05, 3.63) is 24.4 Å². The molecular weight excluding hydrogens is 400 g/mol. The van der Waals surface area contributed by atoms with Crippen molar-refractivity contribution >= 4 is 23.5 Å². The minimum absolute atomic E-state index is 0.0336. The lowest BCUT2D eigenvalue weighted by Crippen LogP contribution is -2.50. The first-order chi connectivity index (χ1) is 14.3. The number of carbonyl (C=O) groups is 2. The second-order valence-corrected chi connectivity index (χ2v) is 7.18. The first kappa shape index (κ1) is 19.9. The molecule has 160 valence electrons. The molecule has 1 saturated heterocycles. The zero-order valence-electron chi connectivity index (χ0n) is 16.2. The molecule has 1 fully saturated rings. The van der Waals surface area contributed by atoms with Crippen LogP contribution in [0.15, 0.2) is 24.4 Å². The number of anilines is 2. The second-order valence-electron chi connectivity index (χ2n) is 7.18. The van der Waals surface area contributed by atoms with E-state index in [1.807, 2.05) is 4.57 Å². The molecule has 30 heavy (non-hydrogen) atoms. The third-order valence-corrected chi connectivity index (χ3v) is 5.17. The molecule has 2 aliphatic heterocycles. The normalized spacial score (nSPS) is 19.3. The number of fused-ring (bicyclic) bond motifs is 3. The summed E-state index contributed by atoms with van der Waals surface area (Å²) < 4.78 is 39.6. The predicted octanol–water partition coefficient (Wildman–Crippen LogP) is 1.63. The summed E-state index contributed by atoms with van der Waals surface area (Å²) in [5, 5.41) is 2.99. The van der Waals surface area contributed by atoms with Gasteiger partial charge in [-0.05, 0) is 19.1 Å². The summed E-state index contributed by atoms with van der Waals surface area (Å²) >= 11 is 0. The van der Waals surface area contributed by atoms with Gasteiger partial charge in [0, 0.05) is 18.2 Å². The van der Waals surface area contributed by atoms with Crippen LogP contribution in [0.25, 0.3) is 11.4 Å². The Kier molecular flexibility index (Phi) is 5.18. The Balaban J connectivity index is 1.69. The Morgan fingerprint density at radius 1 is 1.37 bits per heavy atom. The first-order valence-corrected chi connectivity index (χ1v) is 9.55. The number of imidazole rings is 1. The van der Waals surface area contributed by atoms with Gasteiger partial charge in [0.05, 0.1) is 6.61 Å². The second kappa shape index (κ2) is 7.81. The van der Waals surface area contributed by atoms with Crippen LogP contribution in [0.2, 0.25) is 0 Å². The van der Waals surface area contributed by atoms with Crippen molar-refractivity contribution in [1.29, 1.82) is 0 Å². The van der Waals surface area contributed by atoms with Crippen LogP contribution in [-0.4, -0.2) is 48.7 Å². The van der Waals surface area contributed by atoms with Crippen molar-refractivity contribution in [1.82, 2.24) is 4.98 Å². The van der Waals surface area contributed by atoms with Crippen LogP contribution in [-0.2, 0) is 16.1 Å². The molecule has 2 aliphatic rings. The van der Waals surface area contributed by atoms with E-state index in [0.717, 1.165) is 4.90 Å². The van der Waals surface area contributed by atoms with Gasteiger partial charge in [0.15, 0.2) is 6.20 Å². The summed E-state index contributed by atoms with van der Waals surface area (Å²) in [6, 6.07) is 3.46. The minimum Gasteiger partial charge on any atom is -0.488 e. The molecule has 0 unspecified atom stereocenters. The molecule has 2 amide bonds. The van der Waals surface area contributed by atoms with Gasteiger partial charge in [-0.15, -0.1) is 0 Å². The van der Waals surface area contributed by atoms with Gasteiger partial charge in [-0.25, -0.2) is 28.0 Å². The molecule has 4 N–H and O–H groups in total. The maximum Gasteiger partial charge on any atom is 0.417 e. The van der Waals surface area contributed by atoms with Crippen molar-refractivity contribution in [3.63, 3.8) is 0 Å². The van der Waals surface area contributed by atoms with Gasteiger partial charge < -0.3 is 20.5 Å². The number of rotatable bonds is 5. The van der Waals surface area contributed by atoms with Gasteiger partial charge in [-0.3, -0.25) is 4.79 Å². The predicted molar refractivity (Wildman–Crippen MR) is 102 cm³/mol. The lowest BCUT2D eigenvalue weighted by Gasteiger charge is -2.31. The minimum atomic E-state index is -2.69. The smallest absolute Gasteiger partial charge is 0.417 e. The van der Waals surface area contributed by atoms with Crippen molar-refractivity contribution in [2.75, 3.05) is 23.4 Å². The van der Waals surface area contributed by atoms with Crippen LogP contribution < -0.4 is 25.3 Å². The molecule has 2 atom stereocenters. The molecule has 9 nitrogen and oxygen atoms in total. The average molecular weight is 422 g/mol. The lowest BCUT2D eigenvalue weighted by atomic mass is 10.1. The number of aromatic amines is 1. The molecule has 2 aromatic rings. The first-order valence-electron chi connectivity index (χ1n) is 9.55. The summed E-state index contributed by atoms with van der Waals surface area (Å²) in [5.41, 5.74) is 6.63. The van der Waals surface area contributed by atoms with E-state index in [0.29, 0.717) is 36.0 Å². The van der Waals surface area contributed by atoms with E-state index in [2.05, 4.69) is 10.3 Å². The monoisotopic (exact) mass is 422 g/mol. The Labute approximate surface area is 170 Å². The fourth-order valence-electron chi connectivity index (χ4n) is 3.58. The topological polar surface area (TPSA) is 114 Å². The van der Waals surface area contributed by atoms with Crippen LogP contribution in [0.3, 0.4) is 0 Å². The van der Waals surface area contributed by atoms with E-state index in [1.165, 1.54) is 0 Å². The molecule has 11 heteroatoms. The molecule has 1 aromatic heterocycles. The Bertz CT molecular complexity index is 980. The number of nitrogens with zero attached hydrogens (tertiary/aromatic N) is 2. The number of amides is 2. The summed E-state index contributed by atoms with van der Waals surface area (Å²) in [5.74, 6) is 0.901. The van der Waals surface area contributed by atoms with E-state index < -0.39 is 30.5 Å². The molecule has 0 radical (unpaired) electrons. The molecule has 1 aromatic carbocycles. The number of carbonyl (C=O) groups excluding carboxylic acids is 2. The number of nitrogens with two attached hydrogens (primary N) is 1. The molecule has 0 aliphatic carbocycles. The van der Waals surface area contributed by atoms with Crippen molar-refractivity contribution in [2.24, 2.45) is 5.73 Å². The number of benzene rings is 1. The summed E-state index contributed by atoms with van der Waals surface area (Å²) in [4.78, 5) is 27.5. The van der Waals surface area contributed by atoms with Crippen molar-refractivity contribution < 1.29 is 32.4 Å². The molecule has 0 saturated carbocycles. The highest BCUT2D eigenvalue weighted by Crippen LogP contribution is 2.34. The highest BCUT2D eigenvalue weighted by atomic mass is 19.3. The van der Waals surface area contributed by atoms with Crippen molar-refractivity contribution in [2.45, 2.75) is 38.4 Å². The molecular formula is C19H22F2N5O4+. The molecule has 0 bridgehead atoms. The third-order valence-electron chi connectivity index (χ3n) is 5.17. The van der Waals surface area contributed by atoms with Crippen LogP contribution in [0.5, 0.6) is 5.75 Å². The van der Waals surface area contributed by atoms with Crippen LogP contribution in [0.4, 0.5) is 25.1 Å². The van der Waals surface area contributed by atoms with Gasteiger partial charge in [-0.2, -0.15) is 0 Å². The molecule has 0 spiro atoms. The van der Waals surface area contributed by atoms with Gasteiger partial charge in [0.1, 0.15) is 36.5 Å². The quantitative estimate of drug-likeness (QED) is 0.634. The number of nitrogens with one attached hydrogen (secondary N) is 2. The number of hydrogen-bond donors (Lipinski definition) is 3. The summed E-state index contributed by atoms with van der Waals surface area (Å²) in [6.45, 7) is 2.40. The van der Waals surface area contributed by atoms with E-state index in [-0.39, 0.29) is 18.8 Å². The Hall–Kier alpha value is -3.37. The largest absolute Gasteiger partial charge is 0.488 e. The van der Waals surface area contributed by atoms with Crippen LogP contribution in [0, 0.1) is 0 Å². The maximum atomic E-state index is 13.5. The number of alkyl halides is 2. The lowest BCUT2D eigenvalue weighted by molar-refractivity contribution is -0.684. The standard InChI is InChI=1S/C19H21F2N5O4/c1-10(17(22)27)23-11-2-3-12-14(8-11)29-7-5-25-9-15(24-18(12)25)26-13(16(20)21)4-6-30-19(26)28/h2-3,8-10,13,16H,4-7H2,1H3,(H3,22,23,24,27)/p+1/t10-,13-/m0/s1.